The largest absolute Gasteiger partial charge is 0.416 e. The molecule has 0 atom stereocenters. The van der Waals surface area contributed by atoms with Crippen LogP contribution >= 0.6 is 11.3 Å². The second-order valence-electron chi connectivity index (χ2n) is 5.87. The maximum absolute atomic E-state index is 12.8. The van der Waals surface area contributed by atoms with Crippen molar-refractivity contribution < 1.29 is 13.2 Å². The second-order valence-corrected chi connectivity index (χ2v) is 7.13. The summed E-state index contributed by atoms with van der Waals surface area (Å²) in [7, 11) is 0. The van der Waals surface area contributed by atoms with Crippen molar-refractivity contribution in [3.05, 3.63) is 58.5 Å². The van der Waals surface area contributed by atoms with E-state index in [1.807, 2.05) is 19.1 Å². The Labute approximate surface area is 149 Å². The van der Waals surface area contributed by atoms with E-state index in [1.54, 1.807) is 23.5 Å². The van der Waals surface area contributed by atoms with Gasteiger partial charge in [0.15, 0.2) is 0 Å². The molecule has 0 N–H and O–H groups in total. The predicted octanol–water partition coefficient (Wildman–Crippen LogP) is 7.05. The lowest BCUT2D eigenvalue weighted by molar-refractivity contribution is -0.137. The smallest absolute Gasteiger partial charge is 0.166 e. The number of hydrogen-bond donors (Lipinski definition) is 0. The molecular weight excluding hydrogens is 341 g/mol. The van der Waals surface area contributed by atoms with Gasteiger partial charge in [0.1, 0.15) is 0 Å². The van der Waals surface area contributed by atoms with Crippen LogP contribution in [0.5, 0.6) is 0 Å². The fourth-order valence-electron chi connectivity index (χ4n) is 2.77. The SMILES string of the molecule is CCCC#Cc1ccc2c(-c3ccc(C(F)(F)F)cc3)c(C)sc2c1. The number of aryl methyl sites for hydroxylation is 1. The lowest BCUT2D eigenvalue weighted by Gasteiger charge is -2.08. The molecule has 2 aromatic carbocycles. The van der Waals surface area contributed by atoms with Crippen LogP contribution in [0.25, 0.3) is 21.2 Å². The van der Waals surface area contributed by atoms with Crippen molar-refractivity contribution in [1.82, 2.24) is 0 Å². The van der Waals surface area contributed by atoms with E-state index < -0.39 is 11.7 Å². The Hall–Kier alpha value is -2.25. The maximum atomic E-state index is 12.8. The molecule has 0 unspecified atom stereocenters. The van der Waals surface area contributed by atoms with Crippen LogP contribution in [0.4, 0.5) is 13.2 Å². The van der Waals surface area contributed by atoms with Gasteiger partial charge in [0.2, 0.25) is 0 Å². The molecule has 0 radical (unpaired) electrons. The van der Waals surface area contributed by atoms with E-state index in [0.717, 1.165) is 56.6 Å². The highest BCUT2D eigenvalue weighted by Gasteiger charge is 2.30. The van der Waals surface area contributed by atoms with Crippen LogP contribution in [-0.4, -0.2) is 0 Å². The summed E-state index contributed by atoms with van der Waals surface area (Å²) in [4.78, 5) is 1.09. The summed E-state index contributed by atoms with van der Waals surface area (Å²) in [5, 5.41) is 1.06. The zero-order valence-corrected chi connectivity index (χ0v) is 14.8. The minimum atomic E-state index is -4.31. The Morgan fingerprint density at radius 3 is 2.40 bits per heavy atom. The molecule has 0 saturated carbocycles. The quantitative estimate of drug-likeness (QED) is 0.431. The van der Waals surface area contributed by atoms with Gasteiger partial charge in [-0.25, -0.2) is 0 Å². The third-order valence-corrected chi connectivity index (χ3v) is 5.04. The van der Waals surface area contributed by atoms with Gasteiger partial charge in [0.05, 0.1) is 5.56 Å². The van der Waals surface area contributed by atoms with Crippen molar-refractivity contribution in [3.8, 4) is 23.0 Å². The molecule has 0 aliphatic carbocycles. The fourth-order valence-corrected chi connectivity index (χ4v) is 3.90. The third kappa shape index (κ3) is 3.72. The number of rotatable bonds is 2. The standard InChI is InChI=1S/C21H17F3S/c1-3-4-5-6-15-7-12-18-19(13-15)25-14(2)20(18)16-8-10-17(11-9-16)21(22,23)24/h7-13H,3-4H2,1-2H3. The lowest BCUT2D eigenvalue weighted by atomic mass is 10.00. The molecular formula is C21H17F3S. The molecule has 0 amide bonds. The van der Waals surface area contributed by atoms with Crippen molar-refractivity contribution in [3.63, 3.8) is 0 Å². The average Bonchev–Trinajstić information content (AvgIpc) is 2.89. The molecule has 0 aliphatic rings. The first-order valence-electron chi connectivity index (χ1n) is 8.10. The molecule has 0 saturated heterocycles. The van der Waals surface area contributed by atoms with Gasteiger partial charge in [0.25, 0.3) is 0 Å². The molecule has 3 rings (SSSR count). The molecule has 25 heavy (non-hydrogen) atoms. The van der Waals surface area contributed by atoms with Crippen LogP contribution in [0, 0.1) is 18.8 Å². The fraction of sp³-hybridized carbons (Fsp3) is 0.238. The zero-order chi connectivity index (χ0) is 18.0. The van der Waals surface area contributed by atoms with E-state index in [4.69, 9.17) is 0 Å². The third-order valence-electron chi connectivity index (χ3n) is 3.97. The van der Waals surface area contributed by atoms with E-state index in [2.05, 4.69) is 24.8 Å². The number of halogens is 3. The molecule has 1 heterocycles. The molecule has 3 aromatic rings. The average molecular weight is 358 g/mol. The Morgan fingerprint density at radius 1 is 1.04 bits per heavy atom. The summed E-state index contributed by atoms with van der Waals surface area (Å²) >= 11 is 1.65. The summed E-state index contributed by atoms with van der Waals surface area (Å²) in [5.74, 6) is 6.30. The van der Waals surface area contributed by atoms with Gasteiger partial charge < -0.3 is 0 Å². The topological polar surface area (TPSA) is 0 Å². The first kappa shape index (κ1) is 17.6. The van der Waals surface area contributed by atoms with Gasteiger partial charge >= 0.3 is 6.18 Å². The monoisotopic (exact) mass is 358 g/mol. The number of hydrogen-bond acceptors (Lipinski definition) is 1. The Balaban J connectivity index is 2.02. The van der Waals surface area contributed by atoms with Crippen LogP contribution < -0.4 is 0 Å². The number of fused-ring (bicyclic) bond motifs is 1. The summed E-state index contributed by atoms with van der Waals surface area (Å²) in [5.41, 5.74) is 2.16. The van der Waals surface area contributed by atoms with Crippen LogP contribution in [0.15, 0.2) is 42.5 Å². The van der Waals surface area contributed by atoms with Crippen LogP contribution in [0.2, 0.25) is 0 Å². The molecule has 4 heteroatoms. The van der Waals surface area contributed by atoms with E-state index in [1.165, 1.54) is 0 Å². The zero-order valence-electron chi connectivity index (χ0n) is 14.0. The second kappa shape index (κ2) is 6.93. The highest BCUT2D eigenvalue weighted by molar-refractivity contribution is 7.19. The van der Waals surface area contributed by atoms with E-state index in [9.17, 15) is 13.2 Å². The highest BCUT2D eigenvalue weighted by Crippen LogP contribution is 2.39. The first-order valence-corrected chi connectivity index (χ1v) is 8.91. The van der Waals surface area contributed by atoms with E-state index >= 15 is 0 Å². The van der Waals surface area contributed by atoms with Crippen LogP contribution in [0.1, 0.15) is 35.8 Å². The molecule has 1 aromatic heterocycles. The molecule has 0 fully saturated rings. The van der Waals surface area contributed by atoms with Crippen molar-refractivity contribution >= 4 is 21.4 Å². The van der Waals surface area contributed by atoms with Crippen molar-refractivity contribution in [1.29, 1.82) is 0 Å². The van der Waals surface area contributed by atoms with E-state index in [-0.39, 0.29) is 0 Å². The summed E-state index contributed by atoms with van der Waals surface area (Å²) < 4.78 is 39.4. The van der Waals surface area contributed by atoms with Crippen LogP contribution in [0.3, 0.4) is 0 Å². The van der Waals surface area contributed by atoms with Crippen molar-refractivity contribution in [2.75, 3.05) is 0 Å². The maximum Gasteiger partial charge on any atom is 0.416 e. The molecule has 0 aliphatic heterocycles. The summed E-state index contributed by atoms with van der Waals surface area (Å²) in [6.07, 6.45) is -2.40. The van der Waals surface area contributed by atoms with Gasteiger partial charge in [-0.05, 0) is 43.2 Å². The van der Waals surface area contributed by atoms with E-state index in [0.29, 0.717) is 0 Å². The van der Waals surface area contributed by atoms with Gasteiger partial charge in [0, 0.05) is 32.5 Å². The molecule has 0 nitrogen and oxygen atoms in total. The highest BCUT2D eigenvalue weighted by atomic mass is 32.1. The van der Waals surface area contributed by atoms with Gasteiger partial charge in [-0.1, -0.05) is 37.0 Å². The predicted molar refractivity (Wildman–Crippen MR) is 98.8 cm³/mol. The summed E-state index contributed by atoms with van der Waals surface area (Å²) in [6.45, 7) is 4.09. The Kier molecular flexibility index (Phi) is 4.87. The number of unbranched alkanes of at least 4 members (excludes halogenated alkanes) is 1. The van der Waals surface area contributed by atoms with Crippen LogP contribution in [-0.2, 0) is 6.18 Å². The van der Waals surface area contributed by atoms with Crippen molar-refractivity contribution in [2.45, 2.75) is 32.9 Å². The van der Waals surface area contributed by atoms with Gasteiger partial charge in [-0.3, -0.25) is 0 Å². The first-order chi connectivity index (χ1) is 11.9. The Bertz CT molecular complexity index is 951. The molecule has 128 valence electrons. The number of alkyl halides is 3. The summed E-state index contributed by atoms with van der Waals surface area (Å²) in [6, 6.07) is 11.4. The van der Waals surface area contributed by atoms with Gasteiger partial charge in [-0.15, -0.1) is 11.3 Å². The molecule has 0 spiro atoms. The minimum Gasteiger partial charge on any atom is -0.166 e. The normalized spacial score (nSPS) is 11.4. The molecule has 0 bridgehead atoms. The Morgan fingerprint density at radius 2 is 1.76 bits per heavy atom. The number of benzene rings is 2. The lowest BCUT2D eigenvalue weighted by Crippen LogP contribution is -2.03. The van der Waals surface area contributed by atoms with Crippen molar-refractivity contribution in [2.24, 2.45) is 0 Å². The number of thiophene rings is 1. The minimum absolute atomic E-state index is 0.623. The van der Waals surface area contributed by atoms with Gasteiger partial charge in [-0.2, -0.15) is 13.2 Å².